The molecule has 0 unspecified atom stereocenters. The van der Waals surface area contributed by atoms with Crippen LogP contribution in [0, 0.1) is 6.92 Å². The maximum atomic E-state index is 12.2. The van der Waals surface area contributed by atoms with Crippen LogP contribution in [0.1, 0.15) is 66.1 Å². The highest BCUT2D eigenvalue weighted by Gasteiger charge is 2.06. The first kappa shape index (κ1) is 29.1. The van der Waals surface area contributed by atoms with Gasteiger partial charge in [-0.25, -0.2) is 4.79 Å². The van der Waals surface area contributed by atoms with Gasteiger partial charge in [0.05, 0.1) is 11.5 Å². The van der Waals surface area contributed by atoms with Gasteiger partial charge in [0.15, 0.2) is 0 Å². The standard InChI is InChI=1S/C19H24N6O.3C2H6/c1-13-10-16-12-25(19(26)24-18(16)23-13)17-6-4-15(5-7-17)11-21-8-3-9-22-14(2)20;3*1-2/h4-7,10,12,21H,3,8-9,11H2,1-2H3,(H2,20,22)(H,23,24,26);3*1-2H3. The molecule has 7 nitrogen and oxygen atoms in total. The summed E-state index contributed by atoms with van der Waals surface area (Å²) in [5.74, 6) is 0.623. The molecule has 0 aliphatic carbocycles. The molecule has 3 aromatic rings. The fourth-order valence-electron chi connectivity index (χ4n) is 2.78. The van der Waals surface area contributed by atoms with E-state index >= 15 is 0 Å². The van der Waals surface area contributed by atoms with Gasteiger partial charge in [-0.2, -0.15) is 4.98 Å². The van der Waals surface area contributed by atoms with Crippen LogP contribution >= 0.6 is 0 Å². The molecular weight excluding hydrogens is 400 g/mol. The van der Waals surface area contributed by atoms with Gasteiger partial charge in [-0.15, -0.1) is 0 Å². The summed E-state index contributed by atoms with van der Waals surface area (Å²) in [4.78, 5) is 23.6. The molecule has 0 spiro atoms. The number of nitrogens with one attached hydrogen (secondary N) is 2. The number of aliphatic imine (C=N–C) groups is 1. The summed E-state index contributed by atoms with van der Waals surface area (Å²) in [5.41, 5.74) is 8.78. The quantitative estimate of drug-likeness (QED) is 0.273. The number of hydrogen-bond donors (Lipinski definition) is 3. The number of aromatic nitrogens is 3. The van der Waals surface area contributed by atoms with Crippen molar-refractivity contribution in [3.8, 4) is 5.69 Å². The van der Waals surface area contributed by atoms with Gasteiger partial charge in [0, 0.05) is 30.4 Å². The van der Waals surface area contributed by atoms with Crippen LogP contribution in [-0.4, -0.2) is 33.5 Å². The van der Waals surface area contributed by atoms with E-state index in [9.17, 15) is 4.79 Å². The Kier molecular flexibility index (Phi) is 15.2. The summed E-state index contributed by atoms with van der Waals surface area (Å²) in [6.07, 6.45) is 2.77. The van der Waals surface area contributed by atoms with Crippen LogP contribution in [0.3, 0.4) is 0 Å². The zero-order valence-electron chi connectivity index (χ0n) is 21.1. The molecule has 0 saturated heterocycles. The molecule has 2 heterocycles. The second-order valence-electron chi connectivity index (χ2n) is 6.37. The lowest BCUT2D eigenvalue weighted by atomic mass is 10.2. The molecule has 178 valence electrons. The number of rotatable bonds is 7. The number of nitrogens with zero attached hydrogens (tertiary/aromatic N) is 3. The summed E-state index contributed by atoms with van der Waals surface area (Å²) in [6.45, 7) is 18.1. The molecule has 0 aliphatic rings. The molecule has 0 atom stereocenters. The molecule has 1 aromatic carbocycles. The predicted octanol–water partition coefficient (Wildman–Crippen LogP) is 4.96. The number of nitrogens with two attached hydrogens (primary N) is 1. The second-order valence-corrected chi connectivity index (χ2v) is 6.37. The van der Waals surface area contributed by atoms with Crippen LogP contribution < -0.4 is 16.7 Å². The van der Waals surface area contributed by atoms with Crippen LogP contribution in [0.15, 0.2) is 46.3 Å². The largest absolute Gasteiger partial charge is 0.388 e. The van der Waals surface area contributed by atoms with E-state index in [1.54, 1.807) is 11.5 Å². The van der Waals surface area contributed by atoms with E-state index in [1.807, 2.05) is 85.0 Å². The summed E-state index contributed by atoms with van der Waals surface area (Å²) < 4.78 is 1.57. The Morgan fingerprint density at radius 2 is 1.75 bits per heavy atom. The minimum absolute atomic E-state index is 0.291. The third kappa shape index (κ3) is 9.47. The monoisotopic (exact) mass is 442 g/mol. The molecule has 0 radical (unpaired) electrons. The van der Waals surface area contributed by atoms with Gasteiger partial charge in [0.2, 0.25) is 0 Å². The SMILES string of the molecule is CC.CC.CC.CC(N)=NCCCNCc1ccc(-n2cc3cc(C)[nH]c3nc2=O)cc1. The van der Waals surface area contributed by atoms with Gasteiger partial charge in [-0.1, -0.05) is 53.7 Å². The third-order valence-corrected chi connectivity index (χ3v) is 4.06. The molecule has 0 saturated carbocycles. The third-order valence-electron chi connectivity index (χ3n) is 4.06. The Morgan fingerprint density at radius 1 is 1.12 bits per heavy atom. The maximum Gasteiger partial charge on any atom is 0.354 e. The fraction of sp³-hybridized carbons (Fsp3) is 0.480. The summed E-state index contributed by atoms with van der Waals surface area (Å²) in [6, 6.07) is 9.89. The first-order chi connectivity index (χ1) is 15.5. The Hall–Kier alpha value is -2.93. The zero-order valence-corrected chi connectivity index (χ0v) is 21.1. The van der Waals surface area contributed by atoms with Crippen molar-refractivity contribution in [1.29, 1.82) is 0 Å². The molecule has 3 rings (SSSR count). The molecule has 32 heavy (non-hydrogen) atoms. The van der Waals surface area contributed by atoms with E-state index in [-0.39, 0.29) is 5.69 Å². The highest BCUT2D eigenvalue weighted by Crippen LogP contribution is 2.13. The first-order valence-corrected chi connectivity index (χ1v) is 11.7. The van der Waals surface area contributed by atoms with Gasteiger partial charge < -0.3 is 16.0 Å². The van der Waals surface area contributed by atoms with Crippen LogP contribution in [0.4, 0.5) is 0 Å². The summed E-state index contributed by atoms with van der Waals surface area (Å²) in [7, 11) is 0. The Balaban J connectivity index is 0.00000148. The van der Waals surface area contributed by atoms with Gasteiger partial charge >= 0.3 is 5.69 Å². The Bertz CT molecular complexity index is 966. The smallest absolute Gasteiger partial charge is 0.354 e. The van der Waals surface area contributed by atoms with Crippen molar-refractivity contribution in [3.63, 3.8) is 0 Å². The Labute approximate surface area is 193 Å². The van der Waals surface area contributed by atoms with Crippen LogP contribution in [0.25, 0.3) is 16.7 Å². The van der Waals surface area contributed by atoms with E-state index in [0.29, 0.717) is 11.5 Å². The second kappa shape index (κ2) is 16.7. The van der Waals surface area contributed by atoms with Crippen molar-refractivity contribution in [2.75, 3.05) is 13.1 Å². The molecule has 0 amide bonds. The lowest BCUT2D eigenvalue weighted by molar-refractivity contribution is 0.655. The van der Waals surface area contributed by atoms with Gasteiger partial charge in [0.1, 0.15) is 5.65 Å². The average molecular weight is 443 g/mol. The number of amidine groups is 1. The highest BCUT2D eigenvalue weighted by atomic mass is 16.1. The number of hydrogen-bond acceptors (Lipinski definition) is 4. The molecule has 0 bridgehead atoms. The average Bonchev–Trinajstić information content (AvgIpc) is 3.18. The Morgan fingerprint density at radius 3 is 2.34 bits per heavy atom. The lowest BCUT2D eigenvalue weighted by Gasteiger charge is -2.08. The summed E-state index contributed by atoms with van der Waals surface area (Å²) in [5, 5.41) is 4.30. The van der Waals surface area contributed by atoms with Gasteiger partial charge in [-0.3, -0.25) is 9.56 Å². The van der Waals surface area contributed by atoms with E-state index in [1.165, 1.54) is 0 Å². The normalized spacial score (nSPS) is 10.3. The van der Waals surface area contributed by atoms with E-state index in [2.05, 4.69) is 20.3 Å². The van der Waals surface area contributed by atoms with Crippen molar-refractivity contribution in [3.05, 3.63) is 58.3 Å². The maximum absolute atomic E-state index is 12.2. The van der Waals surface area contributed by atoms with Gasteiger partial charge in [0.25, 0.3) is 0 Å². The molecule has 7 heteroatoms. The first-order valence-electron chi connectivity index (χ1n) is 11.7. The highest BCUT2D eigenvalue weighted by molar-refractivity contribution is 5.77. The van der Waals surface area contributed by atoms with Crippen LogP contribution in [0.5, 0.6) is 0 Å². The molecule has 4 N–H and O–H groups in total. The van der Waals surface area contributed by atoms with E-state index in [4.69, 9.17) is 5.73 Å². The topological polar surface area (TPSA) is 101 Å². The van der Waals surface area contributed by atoms with E-state index in [0.717, 1.165) is 48.4 Å². The zero-order chi connectivity index (χ0) is 24.5. The van der Waals surface area contributed by atoms with Crippen molar-refractivity contribution in [2.24, 2.45) is 10.7 Å². The van der Waals surface area contributed by atoms with Crippen molar-refractivity contribution in [2.45, 2.75) is 68.4 Å². The van der Waals surface area contributed by atoms with Crippen LogP contribution in [0.2, 0.25) is 0 Å². The van der Waals surface area contributed by atoms with Crippen molar-refractivity contribution in [1.82, 2.24) is 19.9 Å². The predicted molar refractivity (Wildman–Crippen MR) is 139 cm³/mol. The lowest BCUT2D eigenvalue weighted by Crippen LogP contribution is -2.20. The summed E-state index contributed by atoms with van der Waals surface area (Å²) >= 11 is 0. The number of benzene rings is 1. The molecule has 0 aliphatic heterocycles. The van der Waals surface area contributed by atoms with Crippen molar-refractivity contribution < 1.29 is 0 Å². The molecule has 2 aromatic heterocycles. The number of fused-ring (bicyclic) bond motifs is 1. The molecular formula is C25H42N6O. The minimum atomic E-state index is -0.291. The van der Waals surface area contributed by atoms with Crippen LogP contribution in [-0.2, 0) is 6.54 Å². The number of aromatic amines is 1. The van der Waals surface area contributed by atoms with Gasteiger partial charge in [-0.05, 0) is 50.6 Å². The number of aryl methyl sites for hydroxylation is 1. The number of H-pyrrole nitrogens is 1. The molecule has 0 fully saturated rings. The fourth-order valence-corrected chi connectivity index (χ4v) is 2.78. The van der Waals surface area contributed by atoms with E-state index < -0.39 is 0 Å². The van der Waals surface area contributed by atoms with Crippen molar-refractivity contribution >= 4 is 16.9 Å². The minimum Gasteiger partial charge on any atom is -0.388 e.